The third-order valence-electron chi connectivity index (χ3n) is 5.93. The SMILES string of the molecule is CCNc1cc2oc3cc(=[NH+]CC)c(C)cc-3c(-c3ccc(S(=O)(=O)[O-])cc3S(=O)(=O)[O-])c2cc1C.[Na+].[Na+]. The topological polar surface area (TPSA) is 154 Å². The van der Waals surface area contributed by atoms with E-state index in [1.807, 2.05) is 39.8 Å². The normalized spacial score (nSPS) is 12.3. The number of hydrogen-bond donors (Lipinski definition) is 2. The van der Waals surface area contributed by atoms with Crippen LogP contribution in [0.15, 0.2) is 56.7 Å². The molecule has 1 aliphatic carbocycles. The van der Waals surface area contributed by atoms with Gasteiger partial charge in [-0.3, -0.25) is 0 Å². The average molecular weight is 576 g/mol. The Balaban J connectivity index is 0.00000253. The fourth-order valence-corrected chi connectivity index (χ4v) is 5.61. The van der Waals surface area contributed by atoms with Crippen LogP contribution in [-0.4, -0.2) is 39.0 Å². The van der Waals surface area contributed by atoms with Crippen LogP contribution in [-0.2, 0) is 20.2 Å². The van der Waals surface area contributed by atoms with Gasteiger partial charge >= 0.3 is 59.1 Å². The van der Waals surface area contributed by atoms with Gasteiger partial charge in [-0.25, -0.2) is 21.8 Å². The number of nitrogens with one attached hydrogen (secondary N) is 2. The number of aryl methyl sites for hydroxylation is 2. The van der Waals surface area contributed by atoms with Gasteiger partial charge in [0.2, 0.25) is 5.36 Å². The van der Waals surface area contributed by atoms with Crippen LogP contribution >= 0.6 is 0 Å². The van der Waals surface area contributed by atoms with E-state index in [0.717, 1.165) is 28.2 Å². The van der Waals surface area contributed by atoms with E-state index in [1.54, 1.807) is 12.1 Å². The standard InChI is InChI=1S/C25H26N2O7S2.2Na/c1-5-26-20-12-22-18(9-14(20)3)25(19-10-15(4)21(27-6-2)13-23(19)34-22)17-8-7-16(35(28,29)30)11-24(17)36(31,32)33;;/h7-13,26H,5-6H2,1-4H3,(H,28,29,30)(H,31,32,33);;/q;2*+1/p-1. The van der Waals surface area contributed by atoms with Crippen molar-refractivity contribution in [1.29, 1.82) is 0 Å². The minimum absolute atomic E-state index is 0. The number of hydrogen-bond acceptors (Lipinski definition) is 8. The predicted molar refractivity (Wildman–Crippen MR) is 132 cm³/mol. The summed E-state index contributed by atoms with van der Waals surface area (Å²) in [5, 5.41) is 4.61. The first-order valence-corrected chi connectivity index (χ1v) is 14.1. The van der Waals surface area contributed by atoms with Crippen LogP contribution in [0, 0.1) is 13.8 Å². The smallest absolute Gasteiger partial charge is 0.744 e. The van der Waals surface area contributed by atoms with E-state index in [4.69, 9.17) is 4.42 Å². The molecular weight excluding hydrogens is 550 g/mol. The molecule has 2 aromatic carbocycles. The Labute approximate surface area is 266 Å². The molecule has 9 nitrogen and oxygen atoms in total. The summed E-state index contributed by atoms with van der Waals surface area (Å²) < 4.78 is 77.9. The van der Waals surface area contributed by atoms with E-state index >= 15 is 0 Å². The second-order valence-corrected chi connectivity index (χ2v) is 11.2. The van der Waals surface area contributed by atoms with Gasteiger partial charge in [-0.05, 0) is 57.5 Å². The van der Waals surface area contributed by atoms with Crippen molar-refractivity contribution in [3.05, 3.63) is 58.9 Å². The molecule has 2 aliphatic rings. The maximum Gasteiger partial charge on any atom is 1.00 e. The van der Waals surface area contributed by atoms with Gasteiger partial charge in [0, 0.05) is 45.9 Å². The van der Waals surface area contributed by atoms with E-state index in [0.29, 0.717) is 47.0 Å². The summed E-state index contributed by atoms with van der Waals surface area (Å²) in [6.45, 7) is 9.00. The molecular formula is C25H25N2Na2O7S2+. The van der Waals surface area contributed by atoms with Gasteiger partial charge in [-0.2, -0.15) is 0 Å². The molecule has 1 heterocycles. The first-order chi connectivity index (χ1) is 16.8. The summed E-state index contributed by atoms with van der Waals surface area (Å²) in [5.74, 6) is 0.431. The van der Waals surface area contributed by atoms with Crippen molar-refractivity contribution < 1.29 is 94.5 Å². The van der Waals surface area contributed by atoms with Crippen molar-refractivity contribution in [2.75, 3.05) is 18.4 Å². The molecule has 0 unspecified atom stereocenters. The van der Waals surface area contributed by atoms with E-state index in [9.17, 15) is 25.9 Å². The van der Waals surface area contributed by atoms with Crippen molar-refractivity contribution >= 4 is 36.9 Å². The minimum Gasteiger partial charge on any atom is -0.744 e. The second kappa shape index (κ2) is 12.5. The fourth-order valence-electron chi connectivity index (χ4n) is 4.32. The van der Waals surface area contributed by atoms with Crippen LogP contribution in [0.1, 0.15) is 25.0 Å². The maximum absolute atomic E-state index is 12.3. The number of rotatable bonds is 6. The van der Waals surface area contributed by atoms with Crippen molar-refractivity contribution in [1.82, 2.24) is 0 Å². The van der Waals surface area contributed by atoms with E-state index < -0.39 is 30.0 Å². The molecule has 2 N–H and O–H groups in total. The number of fused-ring (bicyclic) bond motifs is 2. The molecule has 38 heavy (non-hydrogen) atoms. The summed E-state index contributed by atoms with van der Waals surface area (Å²) >= 11 is 0. The zero-order chi connectivity index (χ0) is 26.4. The molecule has 0 aromatic heterocycles. The largest absolute Gasteiger partial charge is 1.00 e. The van der Waals surface area contributed by atoms with E-state index in [2.05, 4.69) is 10.3 Å². The number of benzene rings is 3. The Hall–Kier alpha value is -1.25. The van der Waals surface area contributed by atoms with Crippen molar-refractivity contribution in [3.8, 4) is 22.5 Å². The molecule has 0 saturated carbocycles. The van der Waals surface area contributed by atoms with Crippen molar-refractivity contribution in [2.45, 2.75) is 37.5 Å². The van der Waals surface area contributed by atoms with Gasteiger partial charge in [-0.1, -0.05) is 6.07 Å². The van der Waals surface area contributed by atoms with Gasteiger partial charge in [0.05, 0.1) is 15.9 Å². The molecule has 0 spiro atoms. The van der Waals surface area contributed by atoms with Crippen LogP contribution in [0.3, 0.4) is 0 Å². The van der Waals surface area contributed by atoms with E-state index in [-0.39, 0.29) is 64.7 Å². The summed E-state index contributed by atoms with van der Waals surface area (Å²) in [4.78, 5) is 1.66. The Kier molecular flexibility index (Phi) is 10.8. The molecule has 0 bridgehead atoms. The third kappa shape index (κ3) is 6.55. The van der Waals surface area contributed by atoms with Gasteiger partial charge < -0.3 is 18.8 Å². The Bertz CT molecular complexity index is 1770. The summed E-state index contributed by atoms with van der Waals surface area (Å²) in [6, 6.07) is 10.1. The summed E-state index contributed by atoms with van der Waals surface area (Å²) in [6.07, 6.45) is 0. The quantitative estimate of drug-likeness (QED) is 0.134. The molecule has 0 fully saturated rings. The minimum atomic E-state index is -5.16. The van der Waals surface area contributed by atoms with Gasteiger partial charge in [0.25, 0.3) is 0 Å². The van der Waals surface area contributed by atoms with Crippen LogP contribution < -0.4 is 74.8 Å². The first-order valence-electron chi connectivity index (χ1n) is 11.2. The maximum atomic E-state index is 12.3. The van der Waals surface area contributed by atoms with Gasteiger partial charge in [0.15, 0.2) is 0 Å². The zero-order valence-corrected chi connectivity index (χ0v) is 27.8. The molecule has 13 heteroatoms. The zero-order valence-electron chi connectivity index (χ0n) is 22.1. The molecule has 0 amide bonds. The molecule has 4 rings (SSSR count). The molecule has 1 aliphatic heterocycles. The summed E-state index contributed by atoms with van der Waals surface area (Å²) in [5.41, 5.74) is 3.85. The third-order valence-corrected chi connectivity index (χ3v) is 7.63. The molecule has 190 valence electrons. The fraction of sp³-hybridized carbons (Fsp3) is 0.240. The Morgan fingerprint density at radius 3 is 2.13 bits per heavy atom. The first kappa shape index (κ1) is 33.0. The predicted octanol–water partition coefficient (Wildman–Crippen LogP) is -3.93. The van der Waals surface area contributed by atoms with Crippen molar-refractivity contribution in [3.63, 3.8) is 0 Å². The summed E-state index contributed by atoms with van der Waals surface area (Å²) in [7, 11) is -10.2. The van der Waals surface area contributed by atoms with Gasteiger partial charge in [-0.15, -0.1) is 0 Å². The van der Waals surface area contributed by atoms with Crippen LogP contribution in [0.2, 0.25) is 0 Å². The molecule has 0 saturated heterocycles. The Morgan fingerprint density at radius 2 is 1.55 bits per heavy atom. The van der Waals surface area contributed by atoms with E-state index in [1.165, 1.54) is 6.07 Å². The average Bonchev–Trinajstić information content (AvgIpc) is 2.78. The molecule has 0 atom stereocenters. The molecule has 0 radical (unpaired) electrons. The Morgan fingerprint density at radius 1 is 0.868 bits per heavy atom. The van der Waals surface area contributed by atoms with Crippen LogP contribution in [0.4, 0.5) is 5.69 Å². The number of anilines is 1. The van der Waals surface area contributed by atoms with Crippen LogP contribution in [0.25, 0.3) is 33.4 Å². The van der Waals surface area contributed by atoms with Crippen molar-refractivity contribution in [2.24, 2.45) is 0 Å². The monoisotopic (exact) mass is 575 g/mol. The molecule has 2 aromatic rings. The van der Waals surface area contributed by atoms with Gasteiger partial charge in [0.1, 0.15) is 38.1 Å². The van der Waals surface area contributed by atoms with Crippen LogP contribution in [0.5, 0.6) is 0 Å². The second-order valence-electron chi connectivity index (χ2n) is 8.43.